The fourth-order valence-electron chi connectivity index (χ4n) is 1.21. The minimum Gasteiger partial charge on any atom is -0.462 e. The number of aromatic nitrogens is 1. The molecule has 2 N–H and O–H groups in total. The summed E-state index contributed by atoms with van der Waals surface area (Å²) in [6, 6.07) is 1.52. The molecule has 0 spiro atoms. The summed E-state index contributed by atoms with van der Waals surface area (Å²) in [4.78, 5) is 15.4. The number of nitrogens with one attached hydrogen (secondary N) is 1. The van der Waals surface area contributed by atoms with Gasteiger partial charge in [0.25, 0.3) is 0 Å². The van der Waals surface area contributed by atoms with E-state index in [-0.39, 0.29) is 11.8 Å². The fourth-order valence-corrected chi connectivity index (χ4v) is 1.36. The Hall–Kier alpha value is -1.33. The van der Waals surface area contributed by atoms with Gasteiger partial charge in [-0.25, -0.2) is 9.78 Å². The molecular formula is C11H15ClN2O3. The van der Waals surface area contributed by atoms with E-state index in [2.05, 4.69) is 10.3 Å². The van der Waals surface area contributed by atoms with Crippen molar-refractivity contribution in [3.63, 3.8) is 0 Å². The zero-order valence-corrected chi connectivity index (χ0v) is 10.5. The van der Waals surface area contributed by atoms with E-state index in [4.69, 9.17) is 16.3 Å². The minimum absolute atomic E-state index is 0.270. The van der Waals surface area contributed by atoms with Crippen molar-refractivity contribution in [2.24, 2.45) is 0 Å². The molecule has 6 heteroatoms. The Bertz CT molecular complexity index is 396. The van der Waals surface area contributed by atoms with Gasteiger partial charge in [-0.05, 0) is 19.9 Å². The lowest BCUT2D eigenvalue weighted by Crippen LogP contribution is -2.18. The quantitative estimate of drug-likeness (QED) is 0.621. The normalized spacial score (nSPS) is 12.0. The van der Waals surface area contributed by atoms with Crippen molar-refractivity contribution in [3.8, 4) is 0 Å². The van der Waals surface area contributed by atoms with E-state index in [1.54, 1.807) is 13.8 Å². The first-order chi connectivity index (χ1) is 8.04. The zero-order chi connectivity index (χ0) is 12.8. The van der Waals surface area contributed by atoms with Crippen molar-refractivity contribution in [1.29, 1.82) is 0 Å². The molecule has 1 heterocycles. The number of aliphatic hydroxyl groups excluding tert-OH is 1. The topological polar surface area (TPSA) is 71.5 Å². The number of nitrogens with zero attached hydrogens (tertiary/aromatic N) is 1. The summed E-state index contributed by atoms with van der Waals surface area (Å²) in [6.07, 6.45) is 0.821. The Kier molecular flexibility index (Phi) is 5.18. The molecule has 5 nitrogen and oxygen atoms in total. The second kappa shape index (κ2) is 6.42. The average molecular weight is 259 g/mol. The lowest BCUT2D eigenvalue weighted by molar-refractivity contribution is 0.0527. The van der Waals surface area contributed by atoms with Gasteiger partial charge < -0.3 is 15.2 Å². The van der Waals surface area contributed by atoms with Gasteiger partial charge in [-0.1, -0.05) is 11.6 Å². The van der Waals surface area contributed by atoms with Crippen molar-refractivity contribution in [2.75, 3.05) is 18.5 Å². The first-order valence-electron chi connectivity index (χ1n) is 5.29. The molecule has 0 radical (unpaired) electrons. The molecule has 0 bridgehead atoms. The third-order valence-corrected chi connectivity index (χ3v) is 2.16. The van der Waals surface area contributed by atoms with E-state index in [0.29, 0.717) is 17.8 Å². The average Bonchev–Trinajstić information content (AvgIpc) is 2.26. The molecule has 1 atom stereocenters. The van der Waals surface area contributed by atoms with Gasteiger partial charge in [0.2, 0.25) is 0 Å². The Labute approximate surface area is 105 Å². The summed E-state index contributed by atoms with van der Waals surface area (Å²) in [5.41, 5.74) is 0.807. The second-order valence-corrected chi connectivity index (χ2v) is 3.89. The van der Waals surface area contributed by atoms with E-state index in [1.165, 1.54) is 12.3 Å². The maximum Gasteiger partial charge on any atom is 0.341 e. The van der Waals surface area contributed by atoms with Crippen LogP contribution in [0.1, 0.15) is 24.2 Å². The highest BCUT2D eigenvalue weighted by molar-refractivity contribution is 6.29. The molecule has 94 valence electrons. The molecule has 0 amide bonds. The fraction of sp³-hybridized carbons (Fsp3) is 0.455. The summed E-state index contributed by atoms with van der Waals surface area (Å²) in [6.45, 7) is 3.97. The van der Waals surface area contributed by atoms with Crippen molar-refractivity contribution >= 4 is 23.3 Å². The van der Waals surface area contributed by atoms with Crippen molar-refractivity contribution < 1.29 is 14.6 Å². The Balaban J connectivity index is 2.91. The van der Waals surface area contributed by atoms with Gasteiger partial charge >= 0.3 is 5.97 Å². The van der Waals surface area contributed by atoms with Gasteiger partial charge in [0.1, 0.15) is 10.7 Å². The van der Waals surface area contributed by atoms with Crippen LogP contribution in [0.5, 0.6) is 0 Å². The standard InChI is InChI=1S/C11H15ClN2O3/c1-3-17-11(16)8-6-14-10(12)4-9(8)13-5-7(2)15/h4,6-7,15H,3,5H2,1-2H3,(H,13,14)/t7-/m0/s1. The summed E-state index contributed by atoms with van der Waals surface area (Å²) < 4.78 is 4.89. The van der Waals surface area contributed by atoms with Crippen LogP contribution in [0.15, 0.2) is 12.3 Å². The van der Waals surface area contributed by atoms with Crippen LogP contribution >= 0.6 is 11.6 Å². The van der Waals surface area contributed by atoms with E-state index in [0.717, 1.165) is 0 Å². The van der Waals surface area contributed by atoms with Gasteiger partial charge in [0, 0.05) is 12.7 Å². The molecule has 17 heavy (non-hydrogen) atoms. The van der Waals surface area contributed by atoms with Crippen LogP contribution in [0.3, 0.4) is 0 Å². The number of hydrogen-bond donors (Lipinski definition) is 2. The zero-order valence-electron chi connectivity index (χ0n) is 9.74. The van der Waals surface area contributed by atoms with Gasteiger partial charge in [-0.2, -0.15) is 0 Å². The van der Waals surface area contributed by atoms with Gasteiger partial charge in [-0.15, -0.1) is 0 Å². The van der Waals surface area contributed by atoms with Crippen LogP contribution in [0.4, 0.5) is 5.69 Å². The number of pyridine rings is 1. The molecule has 0 unspecified atom stereocenters. The molecule has 1 rings (SSSR count). The minimum atomic E-state index is -0.531. The van der Waals surface area contributed by atoms with E-state index < -0.39 is 12.1 Å². The Morgan fingerprint density at radius 3 is 3.00 bits per heavy atom. The number of esters is 1. The molecular weight excluding hydrogens is 244 g/mol. The molecule has 0 saturated carbocycles. The summed E-state index contributed by atoms with van der Waals surface area (Å²) in [5, 5.41) is 12.4. The molecule has 0 saturated heterocycles. The Morgan fingerprint density at radius 2 is 2.41 bits per heavy atom. The van der Waals surface area contributed by atoms with Crippen LogP contribution in [-0.4, -0.2) is 35.3 Å². The number of anilines is 1. The van der Waals surface area contributed by atoms with Gasteiger partial charge in [-0.3, -0.25) is 0 Å². The lowest BCUT2D eigenvalue weighted by Gasteiger charge is -2.12. The monoisotopic (exact) mass is 258 g/mol. The predicted octanol–water partition coefficient (Wildman–Crippen LogP) is 1.70. The highest BCUT2D eigenvalue weighted by atomic mass is 35.5. The first-order valence-corrected chi connectivity index (χ1v) is 5.67. The largest absolute Gasteiger partial charge is 0.462 e. The number of halogens is 1. The molecule has 0 aromatic carbocycles. The van der Waals surface area contributed by atoms with Crippen LogP contribution in [0, 0.1) is 0 Å². The molecule has 0 aliphatic heterocycles. The van der Waals surface area contributed by atoms with Crippen LogP contribution < -0.4 is 5.32 Å². The maximum atomic E-state index is 11.6. The van der Waals surface area contributed by atoms with Crippen LogP contribution in [0.25, 0.3) is 0 Å². The second-order valence-electron chi connectivity index (χ2n) is 3.50. The van der Waals surface area contributed by atoms with E-state index >= 15 is 0 Å². The van der Waals surface area contributed by atoms with Crippen molar-refractivity contribution in [2.45, 2.75) is 20.0 Å². The van der Waals surface area contributed by atoms with E-state index in [1.807, 2.05) is 0 Å². The predicted molar refractivity (Wildman–Crippen MR) is 65.4 cm³/mol. The smallest absolute Gasteiger partial charge is 0.341 e. The summed E-state index contributed by atoms with van der Waals surface area (Å²) in [7, 11) is 0. The lowest BCUT2D eigenvalue weighted by atomic mass is 10.2. The highest BCUT2D eigenvalue weighted by Crippen LogP contribution is 2.19. The molecule has 1 aromatic rings. The number of hydrogen-bond acceptors (Lipinski definition) is 5. The molecule has 0 aliphatic rings. The van der Waals surface area contributed by atoms with Gasteiger partial charge in [0.15, 0.2) is 0 Å². The number of aliphatic hydroxyl groups is 1. The van der Waals surface area contributed by atoms with Crippen molar-refractivity contribution in [3.05, 3.63) is 23.0 Å². The number of carbonyl (C=O) groups excluding carboxylic acids is 1. The number of carbonyl (C=O) groups is 1. The Morgan fingerprint density at radius 1 is 1.71 bits per heavy atom. The molecule has 0 aliphatic carbocycles. The highest BCUT2D eigenvalue weighted by Gasteiger charge is 2.14. The molecule has 1 aromatic heterocycles. The van der Waals surface area contributed by atoms with Crippen LogP contribution in [-0.2, 0) is 4.74 Å². The molecule has 0 fully saturated rings. The third-order valence-electron chi connectivity index (χ3n) is 1.95. The number of rotatable bonds is 5. The van der Waals surface area contributed by atoms with Crippen molar-refractivity contribution in [1.82, 2.24) is 4.98 Å². The van der Waals surface area contributed by atoms with E-state index in [9.17, 15) is 9.90 Å². The number of ether oxygens (including phenoxy) is 1. The van der Waals surface area contributed by atoms with Gasteiger partial charge in [0.05, 0.1) is 18.4 Å². The third kappa shape index (κ3) is 4.20. The van der Waals surface area contributed by atoms with Crippen LogP contribution in [0.2, 0.25) is 5.15 Å². The SMILES string of the molecule is CCOC(=O)c1cnc(Cl)cc1NC[C@H](C)O. The maximum absolute atomic E-state index is 11.6. The summed E-state index contributed by atoms with van der Waals surface area (Å²) in [5.74, 6) is -0.468. The summed E-state index contributed by atoms with van der Waals surface area (Å²) >= 11 is 5.75. The first kappa shape index (κ1) is 13.7.